The van der Waals surface area contributed by atoms with Crippen molar-refractivity contribution in [1.82, 2.24) is 0 Å². The zero-order chi connectivity index (χ0) is 48.6. The van der Waals surface area contributed by atoms with Gasteiger partial charge in [0.05, 0.1) is 0 Å². The number of carbonyl (C=O) groups is 3. The Kier molecular flexibility index (Phi) is 51.0. The lowest BCUT2D eigenvalue weighted by atomic mass is 10.1. The van der Waals surface area contributed by atoms with E-state index in [0.29, 0.717) is 19.3 Å². The number of ether oxygens (including phenoxy) is 3. The number of carbonyl (C=O) groups excluding carboxylic acids is 3. The molecular weight excluding hydrogens is 829 g/mol. The molecule has 6 heteroatoms. The molecule has 0 N–H and O–H groups in total. The van der Waals surface area contributed by atoms with Crippen molar-refractivity contribution in [3.05, 3.63) is 122 Å². The summed E-state index contributed by atoms with van der Waals surface area (Å²) in [4.78, 5) is 38.0. The van der Waals surface area contributed by atoms with Crippen molar-refractivity contribution >= 4 is 17.9 Å². The Morgan fingerprint density at radius 3 is 0.970 bits per heavy atom. The number of unbranched alkanes of at least 4 members (excludes halogenated alkanes) is 16. The molecule has 0 aliphatic carbocycles. The smallest absolute Gasteiger partial charge is 0.306 e. The van der Waals surface area contributed by atoms with E-state index in [4.69, 9.17) is 14.2 Å². The highest BCUT2D eigenvalue weighted by molar-refractivity contribution is 5.71. The first kappa shape index (κ1) is 62.8. The van der Waals surface area contributed by atoms with Crippen LogP contribution in [0, 0.1) is 0 Å². The molecule has 0 fully saturated rings. The maximum Gasteiger partial charge on any atom is 0.306 e. The van der Waals surface area contributed by atoms with E-state index in [1.165, 1.54) is 51.4 Å². The van der Waals surface area contributed by atoms with Crippen molar-refractivity contribution in [2.45, 2.75) is 232 Å². The van der Waals surface area contributed by atoms with Crippen LogP contribution in [0.5, 0.6) is 0 Å². The van der Waals surface area contributed by atoms with E-state index in [-0.39, 0.29) is 31.6 Å². The molecule has 0 aromatic heterocycles. The Labute approximate surface area is 412 Å². The molecule has 0 aliphatic heterocycles. The van der Waals surface area contributed by atoms with Gasteiger partial charge in [-0.25, -0.2) is 0 Å². The summed E-state index contributed by atoms with van der Waals surface area (Å²) in [6.07, 6.45) is 74.7. The molecule has 0 saturated carbocycles. The van der Waals surface area contributed by atoms with Gasteiger partial charge in [0.25, 0.3) is 0 Å². The SMILES string of the molecule is CC/C=C\C/C=C\C/C=C\CCCCCCCC(=O)OC[C@H](COC(=O)CCCCCCC/C=C\C/C=C\CCCCC)OC(=O)CC/C=C\C/C=C\C/C=C\C/C=C\C/C=C\CCCCC. The second-order valence-corrected chi connectivity index (χ2v) is 17.4. The molecule has 0 aliphatic rings. The molecule has 0 rings (SSSR count). The predicted octanol–water partition coefficient (Wildman–Crippen LogP) is 18.1. The first-order chi connectivity index (χ1) is 33.0. The van der Waals surface area contributed by atoms with Crippen LogP contribution in [0.1, 0.15) is 226 Å². The molecule has 0 saturated heterocycles. The zero-order valence-corrected chi connectivity index (χ0v) is 43.1. The van der Waals surface area contributed by atoms with Gasteiger partial charge in [-0.3, -0.25) is 14.4 Å². The van der Waals surface area contributed by atoms with Crippen LogP contribution in [0.3, 0.4) is 0 Å². The summed E-state index contributed by atoms with van der Waals surface area (Å²) in [6, 6.07) is 0. The average molecular weight is 927 g/mol. The molecule has 0 amide bonds. The fraction of sp³-hybridized carbons (Fsp3) is 0.623. The summed E-state index contributed by atoms with van der Waals surface area (Å²) in [7, 11) is 0. The Morgan fingerprint density at radius 1 is 0.313 bits per heavy atom. The largest absolute Gasteiger partial charge is 0.462 e. The normalized spacial score (nSPS) is 13.1. The van der Waals surface area contributed by atoms with Gasteiger partial charge in [0.15, 0.2) is 6.10 Å². The Bertz CT molecular complexity index is 1440. The molecule has 0 aromatic carbocycles. The fourth-order valence-corrected chi connectivity index (χ4v) is 6.88. The van der Waals surface area contributed by atoms with Gasteiger partial charge in [0, 0.05) is 19.3 Å². The van der Waals surface area contributed by atoms with E-state index in [9.17, 15) is 14.4 Å². The Balaban J connectivity index is 4.58. The maximum atomic E-state index is 12.8. The van der Waals surface area contributed by atoms with Crippen LogP contribution in [0.25, 0.3) is 0 Å². The van der Waals surface area contributed by atoms with E-state index in [1.807, 2.05) is 12.2 Å². The highest BCUT2D eigenvalue weighted by Crippen LogP contribution is 2.12. The third-order valence-corrected chi connectivity index (χ3v) is 10.9. The van der Waals surface area contributed by atoms with Crippen molar-refractivity contribution in [3.63, 3.8) is 0 Å². The standard InChI is InChI=1S/C61H98O6/c1-4-7-10-13-16-19-22-25-28-29-30-31-34-37-40-43-46-49-52-55-61(64)67-58(56-65-59(62)53-50-47-44-41-38-35-32-26-23-20-17-14-11-8-5-2)57-66-60(63)54-51-48-45-42-39-36-33-27-24-21-18-15-12-9-6-3/h8,11,16-21,25-28,30-33,37,40,46,49,58H,4-7,9-10,12-15,22-24,29,34-36,38-39,41-45,47-48,50-57H2,1-3H3/b11-8-,19-16-,20-17-,21-18-,28-25-,31-30-,32-26-,33-27-,40-37-,49-46-/t58-/m1/s1. The summed E-state index contributed by atoms with van der Waals surface area (Å²) in [5.74, 6) is -1.04. The van der Waals surface area contributed by atoms with Crippen molar-refractivity contribution in [3.8, 4) is 0 Å². The molecule has 0 aromatic rings. The molecule has 6 nitrogen and oxygen atoms in total. The maximum absolute atomic E-state index is 12.8. The lowest BCUT2D eigenvalue weighted by Crippen LogP contribution is -2.30. The molecule has 0 unspecified atom stereocenters. The lowest BCUT2D eigenvalue weighted by molar-refractivity contribution is -0.166. The van der Waals surface area contributed by atoms with Crippen LogP contribution in [0.2, 0.25) is 0 Å². The highest BCUT2D eigenvalue weighted by Gasteiger charge is 2.19. The Morgan fingerprint density at radius 2 is 0.612 bits per heavy atom. The summed E-state index contributed by atoms with van der Waals surface area (Å²) in [5, 5.41) is 0. The molecule has 0 radical (unpaired) electrons. The molecule has 0 spiro atoms. The van der Waals surface area contributed by atoms with Crippen LogP contribution in [0.4, 0.5) is 0 Å². The minimum Gasteiger partial charge on any atom is -0.462 e. The first-order valence-corrected chi connectivity index (χ1v) is 27.0. The van der Waals surface area contributed by atoms with Crippen LogP contribution in [-0.4, -0.2) is 37.2 Å². The third kappa shape index (κ3) is 52.6. The first-order valence-electron chi connectivity index (χ1n) is 27.0. The second kappa shape index (κ2) is 54.4. The van der Waals surface area contributed by atoms with Crippen molar-refractivity contribution < 1.29 is 28.6 Å². The van der Waals surface area contributed by atoms with Gasteiger partial charge in [-0.15, -0.1) is 0 Å². The minimum absolute atomic E-state index is 0.124. The summed E-state index contributed by atoms with van der Waals surface area (Å²) in [5.41, 5.74) is 0. The summed E-state index contributed by atoms with van der Waals surface area (Å²) < 4.78 is 16.7. The quantitative estimate of drug-likeness (QED) is 0.0262. The summed E-state index contributed by atoms with van der Waals surface area (Å²) in [6.45, 7) is 6.37. The van der Waals surface area contributed by atoms with Crippen molar-refractivity contribution in [2.75, 3.05) is 13.2 Å². The van der Waals surface area contributed by atoms with Gasteiger partial charge in [-0.2, -0.15) is 0 Å². The molecule has 1 atom stereocenters. The van der Waals surface area contributed by atoms with Gasteiger partial charge < -0.3 is 14.2 Å². The van der Waals surface area contributed by atoms with Crippen LogP contribution < -0.4 is 0 Å². The number of allylic oxidation sites excluding steroid dienone is 20. The molecular formula is C61H98O6. The van der Waals surface area contributed by atoms with Gasteiger partial charge in [0.2, 0.25) is 0 Å². The second-order valence-electron chi connectivity index (χ2n) is 17.4. The number of hydrogen-bond donors (Lipinski definition) is 0. The van der Waals surface area contributed by atoms with E-state index >= 15 is 0 Å². The molecule has 0 bridgehead atoms. The number of hydrogen-bond acceptors (Lipinski definition) is 6. The van der Waals surface area contributed by atoms with Crippen molar-refractivity contribution in [2.24, 2.45) is 0 Å². The predicted molar refractivity (Wildman–Crippen MR) is 288 cm³/mol. The minimum atomic E-state index is -0.834. The third-order valence-electron chi connectivity index (χ3n) is 10.9. The van der Waals surface area contributed by atoms with Gasteiger partial charge in [-0.1, -0.05) is 206 Å². The monoisotopic (exact) mass is 927 g/mol. The zero-order valence-electron chi connectivity index (χ0n) is 43.1. The number of rotatable bonds is 47. The van der Waals surface area contributed by atoms with Crippen LogP contribution in [0.15, 0.2) is 122 Å². The number of esters is 3. The molecule has 67 heavy (non-hydrogen) atoms. The van der Waals surface area contributed by atoms with Gasteiger partial charge >= 0.3 is 17.9 Å². The van der Waals surface area contributed by atoms with E-state index in [0.717, 1.165) is 128 Å². The lowest BCUT2D eigenvalue weighted by Gasteiger charge is -2.18. The van der Waals surface area contributed by atoms with Crippen molar-refractivity contribution in [1.29, 1.82) is 0 Å². The topological polar surface area (TPSA) is 78.9 Å². The fourth-order valence-electron chi connectivity index (χ4n) is 6.88. The molecule has 0 heterocycles. The van der Waals surface area contributed by atoms with Crippen LogP contribution >= 0.6 is 0 Å². The van der Waals surface area contributed by atoms with Gasteiger partial charge in [0.1, 0.15) is 13.2 Å². The molecule has 378 valence electrons. The Hall–Kier alpha value is -4.19. The van der Waals surface area contributed by atoms with Gasteiger partial charge in [-0.05, 0) is 122 Å². The highest BCUT2D eigenvalue weighted by atomic mass is 16.6. The van der Waals surface area contributed by atoms with E-state index in [2.05, 4.69) is 130 Å². The van der Waals surface area contributed by atoms with Crippen LogP contribution in [-0.2, 0) is 28.6 Å². The van der Waals surface area contributed by atoms with E-state index < -0.39 is 12.1 Å². The average Bonchev–Trinajstić information content (AvgIpc) is 3.33. The van der Waals surface area contributed by atoms with E-state index in [1.54, 1.807) is 0 Å². The summed E-state index contributed by atoms with van der Waals surface area (Å²) >= 11 is 0.